The standard InChI is InChI=1S/C20H25FN4O/c1-14(23-20(26)16-5-3-4-6-18(16)22)17-13-15(21)7-8-19(17)25-11-9-24(2)10-12-25/h3-8,13-14H,9-12,22H2,1-2H3,(H,23,26). The van der Waals surface area contributed by atoms with Gasteiger partial charge in [-0.05, 0) is 44.3 Å². The molecule has 1 amide bonds. The first-order valence-corrected chi connectivity index (χ1v) is 8.84. The Bertz CT molecular complexity index is 787. The maximum absolute atomic E-state index is 13.9. The molecule has 2 aromatic rings. The highest BCUT2D eigenvalue weighted by Gasteiger charge is 2.22. The lowest BCUT2D eigenvalue weighted by molar-refractivity contribution is 0.0941. The molecule has 0 aliphatic carbocycles. The molecule has 5 nitrogen and oxygen atoms in total. The Kier molecular flexibility index (Phi) is 5.42. The Balaban J connectivity index is 1.82. The number of rotatable bonds is 4. The van der Waals surface area contributed by atoms with Gasteiger partial charge in [0.25, 0.3) is 5.91 Å². The van der Waals surface area contributed by atoms with Crippen LogP contribution in [0, 0.1) is 5.82 Å². The number of hydrogen-bond acceptors (Lipinski definition) is 4. The third-order valence-corrected chi connectivity index (χ3v) is 4.85. The first kappa shape index (κ1) is 18.2. The number of nitrogens with two attached hydrogens (primary N) is 1. The second-order valence-corrected chi connectivity index (χ2v) is 6.78. The Labute approximate surface area is 153 Å². The second-order valence-electron chi connectivity index (χ2n) is 6.78. The molecular formula is C20H25FN4O. The predicted molar refractivity (Wildman–Crippen MR) is 103 cm³/mol. The molecule has 1 heterocycles. The first-order valence-electron chi connectivity index (χ1n) is 8.84. The average Bonchev–Trinajstić information content (AvgIpc) is 2.62. The SMILES string of the molecule is CC(NC(=O)c1ccccc1N)c1cc(F)ccc1N1CCN(C)CC1. The van der Waals surface area contributed by atoms with Crippen molar-refractivity contribution in [1.29, 1.82) is 0 Å². The number of nitrogens with one attached hydrogen (secondary N) is 1. The van der Waals surface area contributed by atoms with E-state index in [0.717, 1.165) is 37.4 Å². The summed E-state index contributed by atoms with van der Waals surface area (Å²) in [5.41, 5.74) is 8.48. The molecule has 0 bridgehead atoms. The molecule has 1 fully saturated rings. The third kappa shape index (κ3) is 3.96. The van der Waals surface area contributed by atoms with Crippen LogP contribution in [0.1, 0.15) is 28.9 Å². The molecule has 1 saturated heterocycles. The van der Waals surface area contributed by atoms with Gasteiger partial charge >= 0.3 is 0 Å². The van der Waals surface area contributed by atoms with Gasteiger partial charge < -0.3 is 20.9 Å². The normalized spacial score (nSPS) is 16.3. The van der Waals surface area contributed by atoms with Crippen LogP contribution in [0.5, 0.6) is 0 Å². The van der Waals surface area contributed by atoms with Gasteiger partial charge in [0.05, 0.1) is 11.6 Å². The van der Waals surface area contributed by atoms with Crippen molar-refractivity contribution in [3.05, 3.63) is 59.4 Å². The highest BCUT2D eigenvalue weighted by Crippen LogP contribution is 2.28. The molecule has 138 valence electrons. The van der Waals surface area contributed by atoms with E-state index in [1.54, 1.807) is 30.3 Å². The molecule has 1 aliphatic rings. The Morgan fingerprint density at radius 1 is 1.15 bits per heavy atom. The van der Waals surface area contributed by atoms with Gasteiger partial charge in [-0.25, -0.2) is 4.39 Å². The zero-order valence-electron chi connectivity index (χ0n) is 15.2. The van der Waals surface area contributed by atoms with Crippen LogP contribution in [0.2, 0.25) is 0 Å². The third-order valence-electron chi connectivity index (χ3n) is 4.85. The number of para-hydroxylation sites is 1. The summed E-state index contributed by atoms with van der Waals surface area (Å²) in [6.07, 6.45) is 0. The highest BCUT2D eigenvalue weighted by molar-refractivity contribution is 5.99. The molecular weight excluding hydrogens is 331 g/mol. The molecule has 0 spiro atoms. The summed E-state index contributed by atoms with van der Waals surface area (Å²) >= 11 is 0. The lowest BCUT2D eigenvalue weighted by atomic mass is 10.0. The minimum absolute atomic E-state index is 0.260. The van der Waals surface area contributed by atoms with Crippen molar-refractivity contribution in [1.82, 2.24) is 10.2 Å². The van der Waals surface area contributed by atoms with E-state index in [1.165, 1.54) is 12.1 Å². The van der Waals surface area contributed by atoms with Gasteiger partial charge in [0.2, 0.25) is 0 Å². The monoisotopic (exact) mass is 356 g/mol. The van der Waals surface area contributed by atoms with Crippen molar-refractivity contribution >= 4 is 17.3 Å². The molecule has 1 unspecified atom stereocenters. The van der Waals surface area contributed by atoms with Crippen LogP contribution in [-0.2, 0) is 0 Å². The maximum atomic E-state index is 13.9. The number of nitrogens with zero attached hydrogens (tertiary/aromatic N) is 2. The molecule has 1 aliphatic heterocycles. The molecule has 2 aromatic carbocycles. The summed E-state index contributed by atoms with van der Waals surface area (Å²) in [6, 6.07) is 11.4. The van der Waals surface area contributed by atoms with E-state index in [1.807, 2.05) is 6.92 Å². The van der Waals surface area contributed by atoms with Crippen LogP contribution in [0.25, 0.3) is 0 Å². The van der Waals surface area contributed by atoms with Crippen molar-refractivity contribution < 1.29 is 9.18 Å². The number of carbonyl (C=O) groups excluding carboxylic acids is 1. The first-order chi connectivity index (χ1) is 12.5. The molecule has 0 radical (unpaired) electrons. The van der Waals surface area contributed by atoms with Gasteiger partial charge in [0.15, 0.2) is 0 Å². The number of anilines is 2. The summed E-state index contributed by atoms with van der Waals surface area (Å²) in [7, 11) is 2.09. The van der Waals surface area contributed by atoms with E-state index >= 15 is 0 Å². The number of piperazine rings is 1. The van der Waals surface area contributed by atoms with Crippen molar-refractivity contribution in [2.45, 2.75) is 13.0 Å². The largest absolute Gasteiger partial charge is 0.398 e. The minimum atomic E-state index is -0.340. The zero-order chi connectivity index (χ0) is 18.7. The fourth-order valence-electron chi connectivity index (χ4n) is 3.26. The number of amides is 1. The van der Waals surface area contributed by atoms with Crippen LogP contribution in [0.3, 0.4) is 0 Å². The summed E-state index contributed by atoms with van der Waals surface area (Å²) in [5, 5.41) is 2.95. The average molecular weight is 356 g/mol. The fourth-order valence-corrected chi connectivity index (χ4v) is 3.26. The van der Waals surface area contributed by atoms with Crippen LogP contribution in [0.15, 0.2) is 42.5 Å². The molecule has 6 heteroatoms. The van der Waals surface area contributed by atoms with Gasteiger partial charge in [0.1, 0.15) is 5.82 Å². The van der Waals surface area contributed by atoms with Gasteiger partial charge in [0, 0.05) is 43.1 Å². The number of carbonyl (C=O) groups is 1. The van der Waals surface area contributed by atoms with Crippen LogP contribution in [-0.4, -0.2) is 44.0 Å². The van der Waals surface area contributed by atoms with E-state index in [9.17, 15) is 9.18 Å². The van der Waals surface area contributed by atoms with Gasteiger partial charge in [-0.3, -0.25) is 4.79 Å². The summed E-state index contributed by atoms with van der Waals surface area (Å²) in [4.78, 5) is 17.1. The topological polar surface area (TPSA) is 61.6 Å². The van der Waals surface area contributed by atoms with Crippen molar-refractivity contribution in [3.63, 3.8) is 0 Å². The fraction of sp³-hybridized carbons (Fsp3) is 0.350. The number of halogens is 1. The van der Waals surface area contributed by atoms with Crippen LogP contribution in [0.4, 0.5) is 15.8 Å². The molecule has 0 saturated carbocycles. The summed E-state index contributed by atoms with van der Waals surface area (Å²) < 4.78 is 13.9. The lowest BCUT2D eigenvalue weighted by Crippen LogP contribution is -2.45. The van der Waals surface area contributed by atoms with Gasteiger partial charge in [-0.15, -0.1) is 0 Å². The summed E-state index contributed by atoms with van der Waals surface area (Å²) in [5.74, 6) is -0.567. The summed E-state index contributed by atoms with van der Waals surface area (Å²) in [6.45, 7) is 5.53. The smallest absolute Gasteiger partial charge is 0.253 e. The van der Waals surface area contributed by atoms with Crippen LogP contribution < -0.4 is 16.0 Å². The second kappa shape index (κ2) is 7.74. The van der Waals surface area contributed by atoms with E-state index in [-0.39, 0.29) is 17.8 Å². The Morgan fingerprint density at radius 3 is 2.54 bits per heavy atom. The number of hydrogen-bond donors (Lipinski definition) is 2. The number of likely N-dealkylation sites (N-methyl/N-ethyl adjacent to an activating group) is 1. The van der Waals surface area contributed by atoms with Gasteiger partial charge in [-0.1, -0.05) is 12.1 Å². The minimum Gasteiger partial charge on any atom is -0.398 e. The van der Waals surface area contributed by atoms with Crippen molar-refractivity contribution in [3.8, 4) is 0 Å². The van der Waals surface area contributed by atoms with E-state index < -0.39 is 0 Å². The number of nitrogen functional groups attached to an aromatic ring is 1. The zero-order valence-corrected chi connectivity index (χ0v) is 15.2. The van der Waals surface area contributed by atoms with Crippen molar-refractivity contribution in [2.75, 3.05) is 43.9 Å². The molecule has 3 rings (SSSR count). The molecule has 0 aromatic heterocycles. The lowest BCUT2D eigenvalue weighted by Gasteiger charge is -2.36. The molecule has 26 heavy (non-hydrogen) atoms. The predicted octanol–water partition coefficient (Wildman–Crippen LogP) is 2.65. The Hall–Kier alpha value is -2.60. The van der Waals surface area contributed by atoms with E-state index in [4.69, 9.17) is 5.73 Å². The Morgan fingerprint density at radius 2 is 1.85 bits per heavy atom. The quantitative estimate of drug-likeness (QED) is 0.827. The van der Waals surface area contributed by atoms with E-state index in [2.05, 4.69) is 22.2 Å². The van der Waals surface area contributed by atoms with Crippen molar-refractivity contribution in [2.24, 2.45) is 0 Å². The molecule has 3 N–H and O–H groups in total. The highest BCUT2D eigenvalue weighted by atomic mass is 19.1. The maximum Gasteiger partial charge on any atom is 0.253 e. The number of benzene rings is 2. The van der Waals surface area contributed by atoms with Crippen LogP contribution >= 0.6 is 0 Å². The van der Waals surface area contributed by atoms with E-state index in [0.29, 0.717) is 11.3 Å². The molecule has 1 atom stereocenters. The van der Waals surface area contributed by atoms with Gasteiger partial charge in [-0.2, -0.15) is 0 Å².